The molecular weight excluding hydrogens is 574 g/mol. The molecule has 0 fully saturated rings. The second-order valence-corrected chi connectivity index (χ2v) is 10.1. The molecule has 0 aliphatic carbocycles. The zero-order valence-corrected chi connectivity index (χ0v) is 25.1. The maximum atomic E-state index is 11.8. The van der Waals surface area contributed by atoms with Gasteiger partial charge in [0.15, 0.2) is 0 Å². The van der Waals surface area contributed by atoms with Gasteiger partial charge in [0.25, 0.3) is 11.8 Å². The minimum Gasteiger partial charge on any atom is -0.494 e. The third-order valence-electron chi connectivity index (χ3n) is 6.81. The number of imide groups is 1. The number of carbonyl (C=O) groups excluding carboxylic acids is 4. The Bertz CT molecular complexity index is 1540. The Morgan fingerprint density at radius 1 is 0.711 bits per heavy atom. The van der Waals surface area contributed by atoms with E-state index in [1.807, 2.05) is 60.7 Å². The van der Waals surface area contributed by atoms with Crippen molar-refractivity contribution in [1.82, 2.24) is 4.90 Å². The third kappa shape index (κ3) is 10.1. The predicted octanol–water partition coefficient (Wildman–Crippen LogP) is 5.65. The Kier molecular flexibility index (Phi) is 11.8. The number of carbonyl (C=O) groups is 4. The number of esters is 2. The van der Waals surface area contributed by atoms with E-state index < -0.39 is 11.9 Å². The first-order valence-corrected chi connectivity index (χ1v) is 14.5. The van der Waals surface area contributed by atoms with Gasteiger partial charge >= 0.3 is 11.9 Å². The Hall–Kier alpha value is -5.44. The van der Waals surface area contributed by atoms with Crippen molar-refractivity contribution in [2.24, 2.45) is 0 Å². The highest BCUT2D eigenvalue weighted by Crippen LogP contribution is 2.24. The van der Waals surface area contributed by atoms with E-state index in [4.69, 9.17) is 14.2 Å². The van der Waals surface area contributed by atoms with Crippen molar-refractivity contribution in [3.8, 4) is 22.6 Å². The van der Waals surface area contributed by atoms with E-state index in [1.54, 1.807) is 0 Å². The molecule has 0 aromatic heterocycles. The second-order valence-electron chi connectivity index (χ2n) is 10.1. The molecule has 9 nitrogen and oxygen atoms in total. The summed E-state index contributed by atoms with van der Waals surface area (Å²) in [5.74, 6) is -0.270. The number of ether oxygens (including phenoxy) is 4. The lowest BCUT2D eigenvalue weighted by molar-refractivity contribution is -0.144. The Balaban J connectivity index is 1.15. The Labute approximate surface area is 262 Å². The van der Waals surface area contributed by atoms with Crippen LogP contribution in [0.15, 0.2) is 97.1 Å². The molecule has 0 saturated heterocycles. The first-order valence-electron chi connectivity index (χ1n) is 14.5. The van der Waals surface area contributed by atoms with Crippen molar-refractivity contribution in [2.45, 2.75) is 19.3 Å². The van der Waals surface area contributed by atoms with Gasteiger partial charge in [0.2, 0.25) is 0 Å². The molecule has 4 rings (SSSR count). The fourth-order valence-corrected chi connectivity index (χ4v) is 4.30. The minimum atomic E-state index is -0.619. The monoisotopic (exact) mass is 609 g/mol. The maximum absolute atomic E-state index is 11.8. The summed E-state index contributed by atoms with van der Waals surface area (Å²) in [4.78, 5) is 47.4. The Morgan fingerprint density at radius 2 is 1.20 bits per heavy atom. The van der Waals surface area contributed by atoms with E-state index in [2.05, 4.69) is 35.6 Å². The van der Waals surface area contributed by atoms with Crippen LogP contribution in [0.5, 0.6) is 11.5 Å². The standard InChI is InChI=1S/C36H35NO8/c1-26(25-35(40)42-2)36(41)45-24-4-23-44-31-15-9-28(10-16-31)6-5-27-7-11-29(12-8-27)30-13-17-32(18-14-30)43-22-3-21-37-33(38)19-20-34(37)39/h5-20H,1,3-4,21-25H2,2H3/b6-5+. The molecule has 0 atom stereocenters. The summed E-state index contributed by atoms with van der Waals surface area (Å²) in [6.07, 6.45) is 7.50. The molecule has 3 aromatic rings. The average molecular weight is 610 g/mol. The minimum absolute atomic E-state index is 0.0556. The zero-order chi connectivity index (χ0) is 32.0. The molecule has 1 aliphatic heterocycles. The molecule has 1 heterocycles. The number of amides is 2. The highest BCUT2D eigenvalue weighted by Gasteiger charge is 2.22. The van der Waals surface area contributed by atoms with Crippen LogP contribution in [0.3, 0.4) is 0 Å². The molecule has 9 heteroatoms. The van der Waals surface area contributed by atoms with Crippen LogP contribution in [0.1, 0.15) is 30.4 Å². The highest BCUT2D eigenvalue weighted by molar-refractivity contribution is 6.12. The molecule has 0 N–H and O–H groups in total. The van der Waals surface area contributed by atoms with Gasteiger partial charge in [0, 0.05) is 30.7 Å². The molecule has 3 aromatic carbocycles. The molecule has 0 radical (unpaired) electrons. The van der Waals surface area contributed by atoms with E-state index in [0.29, 0.717) is 38.3 Å². The maximum Gasteiger partial charge on any atom is 0.333 e. The van der Waals surface area contributed by atoms with E-state index >= 15 is 0 Å². The van der Waals surface area contributed by atoms with Gasteiger partial charge < -0.3 is 18.9 Å². The lowest BCUT2D eigenvalue weighted by Crippen LogP contribution is -2.31. The van der Waals surface area contributed by atoms with Crippen LogP contribution in [0.2, 0.25) is 0 Å². The summed E-state index contributed by atoms with van der Waals surface area (Å²) in [6.45, 7) is 4.82. The van der Waals surface area contributed by atoms with Crippen molar-refractivity contribution in [2.75, 3.05) is 33.5 Å². The van der Waals surface area contributed by atoms with Crippen molar-refractivity contribution >= 4 is 35.9 Å². The van der Waals surface area contributed by atoms with Crippen LogP contribution in [0.4, 0.5) is 0 Å². The smallest absolute Gasteiger partial charge is 0.333 e. The van der Waals surface area contributed by atoms with Crippen LogP contribution < -0.4 is 9.47 Å². The van der Waals surface area contributed by atoms with Crippen molar-refractivity contribution in [1.29, 1.82) is 0 Å². The topological polar surface area (TPSA) is 108 Å². The lowest BCUT2D eigenvalue weighted by Gasteiger charge is -2.13. The normalized spacial score (nSPS) is 12.4. The third-order valence-corrected chi connectivity index (χ3v) is 6.81. The van der Waals surface area contributed by atoms with Gasteiger partial charge in [-0.25, -0.2) is 4.79 Å². The van der Waals surface area contributed by atoms with Gasteiger partial charge in [-0.05, 0) is 52.9 Å². The predicted molar refractivity (Wildman–Crippen MR) is 170 cm³/mol. The summed E-state index contributed by atoms with van der Waals surface area (Å²) < 4.78 is 21.1. The first-order chi connectivity index (χ1) is 21.8. The fraction of sp³-hybridized carbons (Fsp3) is 0.222. The Morgan fingerprint density at radius 3 is 1.76 bits per heavy atom. The van der Waals surface area contributed by atoms with Crippen molar-refractivity contribution in [3.05, 3.63) is 108 Å². The number of hydrogen-bond acceptors (Lipinski definition) is 8. The second kappa shape index (κ2) is 16.4. The van der Waals surface area contributed by atoms with Crippen LogP contribution >= 0.6 is 0 Å². The number of methoxy groups -OCH3 is 1. The van der Waals surface area contributed by atoms with Gasteiger partial charge in [-0.3, -0.25) is 19.3 Å². The fourth-order valence-electron chi connectivity index (χ4n) is 4.30. The number of benzene rings is 3. The number of hydrogen-bond donors (Lipinski definition) is 0. The molecular formula is C36H35NO8. The lowest BCUT2D eigenvalue weighted by atomic mass is 10.0. The molecule has 1 aliphatic rings. The summed E-state index contributed by atoms with van der Waals surface area (Å²) >= 11 is 0. The number of rotatable bonds is 16. The summed E-state index contributed by atoms with van der Waals surface area (Å²) in [5.41, 5.74) is 4.29. The van der Waals surface area contributed by atoms with E-state index in [9.17, 15) is 19.2 Å². The largest absolute Gasteiger partial charge is 0.494 e. The van der Waals surface area contributed by atoms with Crippen LogP contribution in [0, 0.1) is 0 Å². The molecule has 0 spiro atoms. The molecule has 0 bridgehead atoms. The van der Waals surface area contributed by atoms with Gasteiger partial charge in [-0.2, -0.15) is 0 Å². The van der Waals surface area contributed by atoms with Crippen LogP contribution in [-0.4, -0.2) is 62.1 Å². The molecule has 2 amide bonds. The molecule has 0 saturated carbocycles. The molecule has 0 unspecified atom stereocenters. The van der Waals surface area contributed by atoms with Crippen molar-refractivity contribution < 1.29 is 38.1 Å². The van der Waals surface area contributed by atoms with E-state index in [0.717, 1.165) is 28.0 Å². The van der Waals surface area contributed by atoms with E-state index in [1.165, 1.54) is 24.2 Å². The van der Waals surface area contributed by atoms with Gasteiger partial charge in [0.05, 0.1) is 33.4 Å². The zero-order valence-electron chi connectivity index (χ0n) is 25.1. The quantitative estimate of drug-likeness (QED) is 0.0674. The SMILES string of the molecule is C=C(CC(=O)OC)C(=O)OCCCOc1ccc(/C=C/c2ccc(-c3ccc(OCCCN4C(=O)C=CC4=O)cc3)cc2)cc1. The van der Waals surface area contributed by atoms with Gasteiger partial charge in [-0.1, -0.05) is 67.3 Å². The van der Waals surface area contributed by atoms with Gasteiger partial charge in [0.1, 0.15) is 11.5 Å². The van der Waals surface area contributed by atoms with Crippen LogP contribution in [0.25, 0.3) is 23.3 Å². The summed E-state index contributed by atoms with van der Waals surface area (Å²) in [6, 6.07) is 23.7. The first kappa shape index (κ1) is 32.5. The molecule has 232 valence electrons. The highest BCUT2D eigenvalue weighted by atomic mass is 16.5. The summed E-state index contributed by atoms with van der Waals surface area (Å²) in [7, 11) is 1.25. The number of nitrogens with zero attached hydrogens (tertiary/aromatic N) is 1. The average Bonchev–Trinajstić information content (AvgIpc) is 3.38. The summed E-state index contributed by atoms with van der Waals surface area (Å²) in [5, 5.41) is 0. The van der Waals surface area contributed by atoms with Crippen LogP contribution in [-0.2, 0) is 28.7 Å². The molecule has 45 heavy (non-hydrogen) atoms. The van der Waals surface area contributed by atoms with Crippen molar-refractivity contribution in [3.63, 3.8) is 0 Å². The van der Waals surface area contributed by atoms with E-state index in [-0.39, 0.29) is 30.4 Å². The van der Waals surface area contributed by atoms with Gasteiger partial charge in [-0.15, -0.1) is 0 Å².